The summed E-state index contributed by atoms with van der Waals surface area (Å²) in [6.45, 7) is 0. The van der Waals surface area contributed by atoms with Crippen molar-refractivity contribution in [2.24, 2.45) is 0 Å². The van der Waals surface area contributed by atoms with Crippen LogP contribution < -0.4 is 15.9 Å². The van der Waals surface area contributed by atoms with E-state index in [9.17, 15) is 0 Å². The molecule has 1 aromatic heterocycles. The summed E-state index contributed by atoms with van der Waals surface area (Å²) in [7, 11) is -0.877. The van der Waals surface area contributed by atoms with Gasteiger partial charge in [0.2, 0.25) is 0 Å². The first-order valence-corrected chi connectivity index (χ1v) is 9.41. The average molecular weight is 528 g/mol. The minimum absolute atomic E-state index is 0. The van der Waals surface area contributed by atoms with Gasteiger partial charge in [-0.25, -0.2) is 4.98 Å². The van der Waals surface area contributed by atoms with Crippen molar-refractivity contribution < 1.29 is 22.4 Å². The molecular weight excluding hydrogens is 508 g/mol. The van der Waals surface area contributed by atoms with Crippen molar-refractivity contribution in [2.45, 2.75) is 0 Å². The third-order valence-corrected chi connectivity index (χ3v) is 6.33. The zero-order valence-corrected chi connectivity index (χ0v) is 16.8. The van der Waals surface area contributed by atoms with Crippen LogP contribution in [0, 0.1) is 0 Å². The van der Waals surface area contributed by atoms with Crippen LogP contribution in [0.1, 0.15) is 0 Å². The van der Waals surface area contributed by atoms with Gasteiger partial charge in [-0.15, -0.1) is 0 Å². The van der Waals surface area contributed by atoms with E-state index in [1.54, 1.807) is 18.7 Å². The van der Waals surface area contributed by atoms with Crippen LogP contribution in [0.2, 0.25) is 0 Å². The summed E-state index contributed by atoms with van der Waals surface area (Å²) >= 11 is 0. The van der Waals surface area contributed by atoms with E-state index < -0.39 is 7.92 Å². The van der Waals surface area contributed by atoms with Crippen molar-refractivity contribution in [2.75, 3.05) is 0 Å². The number of nitrogens with zero attached hydrogens (tertiary/aromatic N) is 1. The first kappa shape index (κ1) is 19.4. The standard InChI is InChI=1S/C18H15P.C3H4N2.Au/c1-4-10-16(11-5-1)19(17-12-6-2-7-13-17)18-14-8-3-9-15-18;1-2-5-3-4-1;/h1-15H;1-3H,(H,4,5);/q;;+1/p+1. The predicted octanol–water partition coefficient (Wildman–Crippen LogP) is 3.58. The topological polar surface area (TPSA) is 28.7 Å². The number of hydrogen-bond acceptors (Lipinski definition) is 1. The molecule has 0 radical (unpaired) electrons. The van der Waals surface area contributed by atoms with Crippen LogP contribution in [0.25, 0.3) is 0 Å². The predicted molar refractivity (Wildman–Crippen MR) is 105 cm³/mol. The molecule has 0 saturated heterocycles. The molecule has 0 amide bonds. The molecule has 128 valence electrons. The van der Waals surface area contributed by atoms with Gasteiger partial charge in [0.15, 0.2) is 0 Å². The Kier molecular flexibility index (Phi) is 8.38. The first-order valence-electron chi connectivity index (χ1n) is 7.91. The molecule has 0 aliphatic heterocycles. The third-order valence-electron chi connectivity index (χ3n) is 3.59. The Hall–Kier alpha value is -1.96. The average Bonchev–Trinajstić information content (AvgIpc) is 3.25. The molecule has 4 aromatic rings. The first-order chi connectivity index (χ1) is 11.9. The van der Waals surface area contributed by atoms with Crippen molar-refractivity contribution in [1.82, 2.24) is 9.97 Å². The van der Waals surface area contributed by atoms with Crippen molar-refractivity contribution >= 4 is 23.8 Å². The van der Waals surface area contributed by atoms with E-state index in [-0.39, 0.29) is 22.4 Å². The summed E-state index contributed by atoms with van der Waals surface area (Å²) in [5, 5.41) is 4.31. The van der Waals surface area contributed by atoms with Gasteiger partial charge in [0.1, 0.15) is 15.9 Å². The zero-order valence-electron chi connectivity index (χ0n) is 13.6. The number of aromatic nitrogens is 2. The third kappa shape index (κ3) is 5.81. The number of aromatic amines is 1. The second kappa shape index (κ2) is 10.8. The molecule has 1 N–H and O–H groups in total. The molecule has 0 aliphatic rings. The van der Waals surface area contributed by atoms with E-state index in [0.717, 1.165) is 0 Å². The van der Waals surface area contributed by atoms with Crippen LogP contribution in [0.4, 0.5) is 0 Å². The maximum absolute atomic E-state index is 3.67. The van der Waals surface area contributed by atoms with Gasteiger partial charge in [-0.1, -0.05) is 54.6 Å². The Morgan fingerprint density at radius 3 is 1.24 bits per heavy atom. The quantitative estimate of drug-likeness (QED) is 0.320. The molecule has 0 unspecified atom stereocenters. The van der Waals surface area contributed by atoms with Crippen molar-refractivity contribution in [1.29, 1.82) is 0 Å². The minimum atomic E-state index is -0.877. The van der Waals surface area contributed by atoms with E-state index in [2.05, 4.69) is 101 Å². The Morgan fingerprint density at radius 1 is 0.600 bits per heavy atom. The molecule has 3 aromatic carbocycles. The number of H-pyrrole nitrogens is 1. The maximum Gasteiger partial charge on any atom is 1.00 e. The summed E-state index contributed by atoms with van der Waals surface area (Å²) in [6.07, 6.45) is 5.08. The fraction of sp³-hybridized carbons (Fsp3) is 0. The number of benzene rings is 3. The maximum atomic E-state index is 3.67. The zero-order chi connectivity index (χ0) is 16.5. The van der Waals surface area contributed by atoms with Gasteiger partial charge >= 0.3 is 22.4 Å². The number of rotatable bonds is 3. The van der Waals surface area contributed by atoms with E-state index in [0.29, 0.717) is 0 Å². The summed E-state index contributed by atoms with van der Waals surface area (Å²) in [5.41, 5.74) is 0. The second-order valence-electron chi connectivity index (χ2n) is 5.23. The molecule has 1 heterocycles. The summed E-state index contributed by atoms with van der Waals surface area (Å²) in [6, 6.07) is 32.5. The second-order valence-corrected chi connectivity index (χ2v) is 7.72. The van der Waals surface area contributed by atoms with E-state index in [1.807, 2.05) is 0 Å². The minimum Gasteiger partial charge on any atom is -0.351 e. The van der Waals surface area contributed by atoms with Crippen LogP contribution in [0.3, 0.4) is 0 Å². The van der Waals surface area contributed by atoms with Crippen LogP contribution in [0.15, 0.2) is 110 Å². The fourth-order valence-corrected chi connectivity index (χ4v) is 5.11. The number of imidazole rings is 1. The molecule has 0 saturated carbocycles. The molecule has 4 rings (SSSR count). The Balaban J connectivity index is 0.000000325. The van der Waals surface area contributed by atoms with Gasteiger partial charge < -0.3 is 4.98 Å². The Bertz CT molecular complexity index is 695. The molecule has 2 nitrogen and oxygen atoms in total. The van der Waals surface area contributed by atoms with Crippen LogP contribution in [-0.4, -0.2) is 9.97 Å². The van der Waals surface area contributed by atoms with Crippen molar-refractivity contribution in [3.8, 4) is 0 Å². The fourth-order valence-electron chi connectivity index (χ4n) is 2.53. The molecule has 0 aliphatic carbocycles. The van der Waals surface area contributed by atoms with Gasteiger partial charge in [0, 0.05) is 12.4 Å². The normalized spacial score (nSPS) is 9.64. The van der Waals surface area contributed by atoms with Gasteiger partial charge in [-0.05, 0) is 36.4 Å². The van der Waals surface area contributed by atoms with Crippen molar-refractivity contribution in [3.63, 3.8) is 0 Å². The smallest absolute Gasteiger partial charge is 0.351 e. The van der Waals surface area contributed by atoms with Crippen LogP contribution >= 0.6 is 7.92 Å². The Morgan fingerprint density at radius 2 is 1.00 bits per heavy atom. The number of hydrogen-bond donors (Lipinski definition) is 1. The molecule has 4 heteroatoms. The molecule has 0 atom stereocenters. The van der Waals surface area contributed by atoms with E-state index in [4.69, 9.17) is 0 Å². The van der Waals surface area contributed by atoms with E-state index in [1.165, 1.54) is 15.9 Å². The van der Waals surface area contributed by atoms with Gasteiger partial charge in [0.05, 0.1) is 14.2 Å². The summed E-state index contributed by atoms with van der Waals surface area (Å²) in [5.74, 6) is 0. The SMILES string of the molecule is [Au+].c1c[nH]cn1.c1ccc([PH+](c2ccccc2)c2ccccc2)cc1. The van der Waals surface area contributed by atoms with Crippen molar-refractivity contribution in [3.05, 3.63) is 110 Å². The number of nitrogens with one attached hydrogen (secondary N) is 1. The van der Waals surface area contributed by atoms with Crippen LogP contribution in [-0.2, 0) is 22.4 Å². The summed E-state index contributed by atoms with van der Waals surface area (Å²) < 4.78 is 0. The monoisotopic (exact) mass is 528 g/mol. The largest absolute Gasteiger partial charge is 1.00 e. The molecule has 0 fully saturated rings. The van der Waals surface area contributed by atoms with Gasteiger partial charge in [-0.3, -0.25) is 0 Å². The summed E-state index contributed by atoms with van der Waals surface area (Å²) in [4.78, 5) is 6.42. The molecule has 0 bridgehead atoms. The molecule has 25 heavy (non-hydrogen) atoms. The molecule has 0 spiro atoms. The Labute approximate surface area is 165 Å². The van der Waals surface area contributed by atoms with Gasteiger partial charge in [-0.2, -0.15) is 0 Å². The molecular formula is C21H20AuN2P+2. The van der Waals surface area contributed by atoms with Gasteiger partial charge in [0.25, 0.3) is 0 Å². The van der Waals surface area contributed by atoms with Crippen LogP contribution in [0.5, 0.6) is 0 Å². The van der Waals surface area contributed by atoms with E-state index >= 15 is 0 Å².